The molecular weight excluding hydrogens is 240 g/mol. The fourth-order valence-corrected chi connectivity index (χ4v) is 1.62. The van der Waals surface area contributed by atoms with Crippen LogP contribution in [0.4, 0.5) is 4.39 Å². The van der Waals surface area contributed by atoms with Gasteiger partial charge in [-0.05, 0) is 25.0 Å². The Kier molecular flexibility index (Phi) is 6.85. The fourth-order valence-electron chi connectivity index (χ4n) is 1.32. The number of aliphatic hydroxyl groups excluding tert-OH is 1. The predicted molar refractivity (Wildman–Crippen MR) is 61.9 cm³/mol. The van der Waals surface area contributed by atoms with Gasteiger partial charge in [0.1, 0.15) is 5.82 Å². The summed E-state index contributed by atoms with van der Waals surface area (Å²) in [5.41, 5.74) is 6.08. The van der Waals surface area contributed by atoms with Crippen molar-refractivity contribution in [3.8, 4) is 0 Å². The van der Waals surface area contributed by atoms with Crippen LogP contribution in [-0.4, -0.2) is 11.7 Å². The van der Waals surface area contributed by atoms with E-state index in [1.165, 1.54) is 6.07 Å². The van der Waals surface area contributed by atoms with E-state index in [2.05, 4.69) is 0 Å². The van der Waals surface area contributed by atoms with E-state index < -0.39 is 6.04 Å². The van der Waals surface area contributed by atoms with E-state index in [0.717, 1.165) is 0 Å². The quantitative estimate of drug-likeness (QED) is 0.867. The van der Waals surface area contributed by atoms with E-state index in [0.29, 0.717) is 23.4 Å². The molecule has 0 aliphatic heterocycles. The van der Waals surface area contributed by atoms with Crippen LogP contribution in [0.15, 0.2) is 18.2 Å². The number of benzene rings is 1. The molecule has 0 aromatic heterocycles. The minimum Gasteiger partial charge on any atom is -0.396 e. The van der Waals surface area contributed by atoms with Crippen molar-refractivity contribution in [2.45, 2.75) is 18.9 Å². The Labute approximate surface area is 99.6 Å². The van der Waals surface area contributed by atoms with Crippen LogP contribution in [0.1, 0.15) is 24.4 Å². The first-order chi connectivity index (χ1) is 6.66. The van der Waals surface area contributed by atoms with E-state index in [9.17, 15) is 4.39 Å². The van der Waals surface area contributed by atoms with Gasteiger partial charge in [0.2, 0.25) is 0 Å². The standard InChI is InChI=1S/C10H13ClFNO.ClH/c11-7-3-1-4-8(12)10(7)9(13)5-2-6-14;/h1,3-4,9,14H,2,5-6,13H2;1H/t9-;/m0./s1. The Hall–Kier alpha value is -0.350. The zero-order chi connectivity index (χ0) is 10.6. The van der Waals surface area contributed by atoms with Gasteiger partial charge < -0.3 is 10.8 Å². The first kappa shape index (κ1) is 14.6. The number of nitrogens with two attached hydrogens (primary N) is 1. The van der Waals surface area contributed by atoms with Crippen molar-refractivity contribution < 1.29 is 9.50 Å². The second-order valence-electron chi connectivity index (χ2n) is 3.11. The van der Waals surface area contributed by atoms with Gasteiger partial charge in [0.25, 0.3) is 0 Å². The van der Waals surface area contributed by atoms with Crippen LogP contribution in [0.5, 0.6) is 0 Å². The van der Waals surface area contributed by atoms with E-state index >= 15 is 0 Å². The molecule has 0 aliphatic rings. The Morgan fingerprint density at radius 3 is 2.67 bits per heavy atom. The van der Waals surface area contributed by atoms with Crippen molar-refractivity contribution in [1.82, 2.24) is 0 Å². The summed E-state index contributed by atoms with van der Waals surface area (Å²) in [6, 6.07) is 4.04. The Morgan fingerprint density at radius 2 is 2.13 bits per heavy atom. The maximum Gasteiger partial charge on any atom is 0.129 e. The van der Waals surface area contributed by atoms with Gasteiger partial charge in [0, 0.05) is 23.2 Å². The lowest BCUT2D eigenvalue weighted by Gasteiger charge is -2.13. The monoisotopic (exact) mass is 253 g/mol. The third-order valence-electron chi connectivity index (χ3n) is 2.04. The molecule has 2 nitrogen and oxygen atoms in total. The highest BCUT2D eigenvalue weighted by molar-refractivity contribution is 6.31. The lowest BCUT2D eigenvalue weighted by molar-refractivity contribution is 0.279. The van der Waals surface area contributed by atoms with Crippen molar-refractivity contribution in [3.63, 3.8) is 0 Å². The molecule has 0 unspecified atom stereocenters. The van der Waals surface area contributed by atoms with Crippen LogP contribution >= 0.6 is 24.0 Å². The Bertz CT molecular complexity index is 289. The molecule has 0 fully saturated rings. The summed E-state index contributed by atoms with van der Waals surface area (Å²) < 4.78 is 13.3. The fraction of sp³-hybridized carbons (Fsp3) is 0.400. The molecule has 5 heteroatoms. The average molecular weight is 254 g/mol. The van der Waals surface area contributed by atoms with Crippen LogP contribution in [0.25, 0.3) is 0 Å². The van der Waals surface area contributed by atoms with Crippen LogP contribution in [0.3, 0.4) is 0 Å². The third kappa shape index (κ3) is 3.95. The molecule has 3 N–H and O–H groups in total. The number of rotatable bonds is 4. The van der Waals surface area contributed by atoms with Crippen LogP contribution in [0.2, 0.25) is 5.02 Å². The normalized spacial score (nSPS) is 12.0. The van der Waals surface area contributed by atoms with Gasteiger partial charge in [-0.15, -0.1) is 12.4 Å². The molecule has 0 spiro atoms. The predicted octanol–water partition coefficient (Wildman–Crippen LogP) is 2.67. The van der Waals surface area contributed by atoms with Crippen LogP contribution < -0.4 is 5.73 Å². The molecule has 0 amide bonds. The molecular formula is C10H14Cl2FNO. The molecule has 1 aromatic carbocycles. The molecule has 0 bridgehead atoms. The van der Waals surface area contributed by atoms with Gasteiger partial charge >= 0.3 is 0 Å². The second kappa shape index (κ2) is 7.01. The third-order valence-corrected chi connectivity index (χ3v) is 2.37. The minimum absolute atomic E-state index is 0. The first-order valence-corrected chi connectivity index (χ1v) is 4.85. The van der Waals surface area contributed by atoms with Crippen molar-refractivity contribution in [2.24, 2.45) is 5.73 Å². The number of halogens is 3. The molecule has 1 rings (SSSR count). The van der Waals surface area contributed by atoms with Gasteiger partial charge in [-0.3, -0.25) is 0 Å². The zero-order valence-corrected chi connectivity index (χ0v) is 9.69. The molecule has 0 saturated carbocycles. The zero-order valence-electron chi connectivity index (χ0n) is 8.12. The lowest BCUT2D eigenvalue weighted by atomic mass is 10.0. The molecule has 0 saturated heterocycles. The van der Waals surface area contributed by atoms with E-state index in [4.69, 9.17) is 22.4 Å². The average Bonchev–Trinajstić information content (AvgIpc) is 2.14. The Balaban J connectivity index is 0.00000196. The number of hydrogen-bond donors (Lipinski definition) is 2. The topological polar surface area (TPSA) is 46.2 Å². The van der Waals surface area contributed by atoms with Crippen molar-refractivity contribution in [1.29, 1.82) is 0 Å². The lowest BCUT2D eigenvalue weighted by Crippen LogP contribution is -2.13. The maximum absolute atomic E-state index is 13.3. The number of hydrogen-bond acceptors (Lipinski definition) is 2. The van der Waals surface area contributed by atoms with Crippen LogP contribution in [-0.2, 0) is 0 Å². The summed E-state index contributed by atoms with van der Waals surface area (Å²) in [7, 11) is 0. The molecule has 0 aliphatic carbocycles. The van der Waals surface area contributed by atoms with Gasteiger partial charge in [0.05, 0.1) is 0 Å². The number of aliphatic hydroxyl groups is 1. The molecule has 15 heavy (non-hydrogen) atoms. The molecule has 86 valence electrons. The van der Waals surface area contributed by atoms with E-state index in [-0.39, 0.29) is 24.8 Å². The van der Waals surface area contributed by atoms with E-state index in [1.807, 2.05) is 0 Å². The highest BCUT2D eigenvalue weighted by Gasteiger charge is 2.14. The first-order valence-electron chi connectivity index (χ1n) is 4.47. The van der Waals surface area contributed by atoms with Gasteiger partial charge in [-0.2, -0.15) is 0 Å². The summed E-state index contributed by atoms with van der Waals surface area (Å²) >= 11 is 5.82. The SMILES string of the molecule is Cl.N[C@@H](CCCO)c1c(F)cccc1Cl. The van der Waals surface area contributed by atoms with Crippen molar-refractivity contribution in [3.05, 3.63) is 34.6 Å². The summed E-state index contributed by atoms with van der Waals surface area (Å²) in [6.07, 6.45) is 1.07. The van der Waals surface area contributed by atoms with E-state index in [1.54, 1.807) is 12.1 Å². The van der Waals surface area contributed by atoms with Crippen molar-refractivity contribution >= 4 is 24.0 Å². The Morgan fingerprint density at radius 1 is 1.47 bits per heavy atom. The highest BCUT2D eigenvalue weighted by Crippen LogP contribution is 2.26. The maximum atomic E-state index is 13.3. The smallest absolute Gasteiger partial charge is 0.129 e. The summed E-state index contributed by atoms with van der Waals surface area (Å²) in [5, 5.41) is 8.96. The molecule has 0 heterocycles. The summed E-state index contributed by atoms with van der Waals surface area (Å²) in [5.74, 6) is -0.386. The molecule has 0 radical (unpaired) electrons. The molecule has 1 atom stereocenters. The van der Waals surface area contributed by atoms with Gasteiger partial charge in [0.15, 0.2) is 0 Å². The highest BCUT2D eigenvalue weighted by atomic mass is 35.5. The second-order valence-corrected chi connectivity index (χ2v) is 3.51. The molecule has 1 aromatic rings. The largest absolute Gasteiger partial charge is 0.396 e. The minimum atomic E-state index is -0.448. The summed E-state index contributed by atoms with van der Waals surface area (Å²) in [6.45, 7) is 0.0553. The summed E-state index contributed by atoms with van der Waals surface area (Å²) in [4.78, 5) is 0. The van der Waals surface area contributed by atoms with Gasteiger partial charge in [-0.1, -0.05) is 17.7 Å². The van der Waals surface area contributed by atoms with Crippen LogP contribution in [0, 0.1) is 5.82 Å². The van der Waals surface area contributed by atoms with Crippen molar-refractivity contribution in [2.75, 3.05) is 6.61 Å². The van der Waals surface area contributed by atoms with Gasteiger partial charge in [-0.25, -0.2) is 4.39 Å².